The maximum absolute atomic E-state index is 13.0. The molecule has 3 aromatic rings. The number of aromatic nitrogens is 3. The summed E-state index contributed by atoms with van der Waals surface area (Å²) in [5, 5.41) is 2.68. The number of hydrogen-bond donors (Lipinski definition) is 1. The number of methoxy groups -OCH3 is 1. The van der Waals surface area contributed by atoms with Crippen molar-refractivity contribution in [3.8, 4) is 17.3 Å². The first kappa shape index (κ1) is 19.7. The fourth-order valence-corrected chi connectivity index (χ4v) is 3.20. The smallest absolute Gasteiger partial charge is 0.416 e. The first-order valence-corrected chi connectivity index (χ1v) is 8.97. The zero-order valence-electron chi connectivity index (χ0n) is 16.0. The minimum atomic E-state index is -4.48. The van der Waals surface area contributed by atoms with Crippen molar-refractivity contribution in [2.75, 3.05) is 13.7 Å². The highest BCUT2D eigenvalue weighted by atomic mass is 19.4. The lowest BCUT2D eigenvalue weighted by molar-refractivity contribution is -0.137. The van der Waals surface area contributed by atoms with Gasteiger partial charge in [0, 0.05) is 11.8 Å². The average Bonchev–Trinajstić information content (AvgIpc) is 3.32. The van der Waals surface area contributed by atoms with Gasteiger partial charge in [-0.2, -0.15) is 13.2 Å². The van der Waals surface area contributed by atoms with Gasteiger partial charge in [-0.05, 0) is 37.3 Å². The number of aryl methyl sites for hydroxylation is 1. The number of pyridine rings is 1. The third-order valence-electron chi connectivity index (χ3n) is 4.68. The van der Waals surface area contributed by atoms with Crippen molar-refractivity contribution in [1.29, 1.82) is 0 Å². The number of nitrogens with zero attached hydrogens (tertiary/aromatic N) is 3. The zero-order valence-corrected chi connectivity index (χ0v) is 16.0. The average molecular weight is 418 g/mol. The topological polar surface area (TPSA) is 78.3 Å². The van der Waals surface area contributed by atoms with Gasteiger partial charge in [0.25, 0.3) is 5.91 Å². The van der Waals surface area contributed by atoms with E-state index in [4.69, 9.17) is 9.47 Å². The summed E-state index contributed by atoms with van der Waals surface area (Å²) in [5.41, 5.74) is 0.935. The van der Waals surface area contributed by atoms with Crippen LogP contribution in [0.4, 0.5) is 13.2 Å². The fourth-order valence-electron chi connectivity index (χ4n) is 3.20. The van der Waals surface area contributed by atoms with Crippen molar-refractivity contribution >= 4 is 5.91 Å². The van der Waals surface area contributed by atoms with Crippen LogP contribution in [0, 0.1) is 6.92 Å². The Morgan fingerprint density at radius 2 is 2.10 bits per heavy atom. The summed E-state index contributed by atoms with van der Waals surface area (Å²) >= 11 is 0. The number of rotatable bonds is 4. The van der Waals surface area contributed by atoms with Gasteiger partial charge < -0.3 is 19.4 Å². The SMILES string of the molecule is COc1nc(C(=O)N[C@@H]2COc3ccc(C(F)(F)F)cc32)ccc1-n1cnc(C)c1. The molecule has 0 saturated carbocycles. The molecule has 10 heteroatoms. The highest BCUT2D eigenvalue weighted by molar-refractivity contribution is 5.93. The normalized spacial score (nSPS) is 15.4. The molecule has 3 heterocycles. The van der Waals surface area contributed by atoms with Crippen LogP contribution in [-0.4, -0.2) is 34.2 Å². The highest BCUT2D eigenvalue weighted by Crippen LogP contribution is 2.38. The van der Waals surface area contributed by atoms with Crippen LogP contribution in [-0.2, 0) is 6.18 Å². The maximum Gasteiger partial charge on any atom is 0.416 e. The third kappa shape index (κ3) is 3.68. The van der Waals surface area contributed by atoms with Crippen LogP contribution in [0.5, 0.6) is 11.6 Å². The maximum atomic E-state index is 13.0. The quantitative estimate of drug-likeness (QED) is 0.702. The molecule has 156 valence electrons. The summed E-state index contributed by atoms with van der Waals surface area (Å²) in [7, 11) is 1.43. The lowest BCUT2D eigenvalue weighted by Gasteiger charge is -2.14. The summed E-state index contributed by atoms with van der Waals surface area (Å²) in [6, 6.07) is 5.64. The monoisotopic (exact) mass is 418 g/mol. The van der Waals surface area contributed by atoms with Gasteiger partial charge in [-0.15, -0.1) is 0 Å². The molecule has 1 aliphatic heterocycles. The van der Waals surface area contributed by atoms with E-state index in [-0.39, 0.29) is 23.7 Å². The number of alkyl halides is 3. The second-order valence-corrected chi connectivity index (χ2v) is 6.73. The summed E-state index contributed by atoms with van der Waals surface area (Å²) in [4.78, 5) is 21.1. The summed E-state index contributed by atoms with van der Waals surface area (Å²) in [6.07, 6.45) is -1.10. The van der Waals surface area contributed by atoms with Crippen LogP contribution in [0.15, 0.2) is 42.9 Å². The lowest BCUT2D eigenvalue weighted by Crippen LogP contribution is -2.30. The largest absolute Gasteiger partial charge is 0.491 e. The number of ether oxygens (including phenoxy) is 2. The number of benzene rings is 1. The molecule has 7 nitrogen and oxygen atoms in total. The number of hydrogen-bond acceptors (Lipinski definition) is 5. The van der Waals surface area contributed by atoms with Gasteiger partial charge in [-0.1, -0.05) is 0 Å². The van der Waals surface area contributed by atoms with Crippen molar-refractivity contribution in [3.05, 3.63) is 65.4 Å². The van der Waals surface area contributed by atoms with Crippen LogP contribution in [0.25, 0.3) is 5.69 Å². The minimum absolute atomic E-state index is 0.0336. The van der Waals surface area contributed by atoms with Gasteiger partial charge in [0.05, 0.1) is 30.7 Å². The van der Waals surface area contributed by atoms with Crippen LogP contribution in [0.2, 0.25) is 0 Å². The minimum Gasteiger partial charge on any atom is -0.491 e. The van der Waals surface area contributed by atoms with E-state index in [1.807, 2.05) is 6.92 Å². The predicted molar refractivity (Wildman–Crippen MR) is 99.8 cm³/mol. The van der Waals surface area contributed by atoms with E-state index in [0.29, 0.717) is 11.4 Å². The van der Waals surface area contributed by atoms with Gasteiger partial charge in [0.2, 0.25) is 5.88 Å². The Hall–Kier alpha value is -3.56. The van der Waals surface area contributed by atoms with Crippen molar-refractivity contribution in [2.24, 2.45) is 0 Å². The third-order valence-corrected chi connectivity index (χ3v) is 4.68. The number of fused-ring (bicyclic) bond motifs is 1. The molecule has 0 bridgehead atoms. The molecule has 1 atom stereocenters. The molecular formula is C20H17F3N4O3. The Morgan fingerprint density at radius 3 is 2.77 bits per heavy atom. The lowest BCUT2D eigenvalue weighted by atomic mass is 10.0. The molecule has 0 saturated heterocycles. The predicted octanol–water partition coefficient (Wildman–Crippen LogP) is 3.47. The van der Waals surface area contributed by atoms with E-state index in [2.05, 4.69) is 15.3 Å². The fraction of sp³-hybridized carbons (Fsp3) is 0.250. The van der Waals surface area contributed by atoms with Crippen LogP contribution in [0.1, 0.15) is 33.4 Å². The van der Waals surface area contributed by atoms with E-state index in [1.54, 1.807) is 23.2 Å². The molecule has 1 amide bonds. The Bertz CT molecular complexity index is 1110. The van der Waals surface area contributed by atoms with E-state index < -0.39 is 23.7 Å². The number of carbonyl (C=O) groups is 1. The Morgan fingerprint density at radius 1 is 1.30 bits per heavy atom. The zero-order chi connectivity index (χ0) is 21.5. The van der Waals surface area contributed by atoms with Crippen LogP contribution in [0.3, 0.4) is 0 Å². The Labute approximate surface area is 169 Å². The molecule has 0 unspecified atom stereocenters. The highest BCUT2D eigenvalue weighted by Gasteiger charge is 2.34. The molecule has 0 spiro atoms. The summed E-state index contributed by atoms with van der Waals surface area (Å²) < 4.78 is 51.4. The van der Waals surface area contributed by atoms with Crippen molar-refractivity contribution < 1.29 is 27.4 Å². The van der Waals surface area contributed by atoms with Gasteiger partial charge in [-0.3, -0.25) is 4.79 Å². The molecule has 4 rings (SSSR count). The van der Waals surface area contributed by atoms with Gasteiger partial charge >= 0.3 is 6.18 Å². The Balaban J connectivity index is 1.57. The van der Waals surface area contributed by atoms with Crippen LogP contribution < -0.4 is 14.8 Å². The number of amides is 1. The molecule has 0 aliphatic carbocycles. The molecule has 1 aliphatic rings. The molecular weight excluding hydrogens is 401 g/mol. The number of imidazole rings is 1. The van der Waals surface area contributed by atoms with E-state index in [9.17, 15) is 18.0 Å². The van der Waals surface area contributed by atoms with E-state index in [0.717, 1.165) is 17.8 Å². The van der Waals surface area contributed by atoms with E-state index in [1.165, 1.54) is 19.2 Å². The first-order valence-electron chi connectivity index (χ1n) is 8.97. The van der Waals surface area contributed by atoms with Crippen LogP contribution >= 0.6 is 0 Å². The Kier molecular flexibility index (Phi) is 4.84. The number of halogens is 3. The van der Waals surface area contributed by atoms with Crippen molar-refractivity contribution in [3.63, 3.8) is 0 Å². The standard InChI is InChI=1S/C20H17F3N4O3/c1-11-8-27(10-24-11)16-5-4-14(26-19(16)29-2)18(28)25-15-9-30-17-6-3-12(7-13(15)17)20(21,22)23/h3-8,10,15H,9H2,1-2H3,(H,25,28)/t15-/m1/s1. The molecule has 1 aromatic carbocycles. The summed E-state index contributed by atoms with van der Waals surface area (Å²) in [6.45, 7) is 1.87. The second kappa shape index (κ2) is 7.36. The molecule has 1 N–H and O–H groups in total. The molecule has 0 fully saturated rings. The van der Waals surface area contributed by atoms with E-state index >= 15 is 0 Å². The molecule has 30 heavy (non-hydrogen) atoms. The number of carbonyl (C=O) groups excluding carboxylic acids is 1. The molecule has 2 aromatic heterocycles. The van der Waals surface area contributed by atoms with Gasteiger partial charge in [-0.25, -0.2) is 9.97 Å². The second-order valence-electron chi connectivity index (χ2n) is 6.73. The van der Waals surface area contributed by atoms with Gasteiger partial charge in [0.15, 0.2) is 0 Å². The first-order chi connectivity index (χ1) is 14.3. The van der Waals surface area contributed by atoms with Crippen molar-refractivity contribution in [1.82, 2.24) is 19.9 Å². The van der Waals surface area contributed by atoms with Gasteiger partial charge in [0.1, 0.15) is 23.7 Å². The number of nitrogens with one attached hydrogen (secondary N) is 1. The molecule has 0 radical (unpaired) electrons. The summed E-state index contributed by atoms with van der Waals surface area (Å²) in [5.74, 6) is -0.0346. The van der Waals surface area contributed by atoms with Crippen molar-refractivity contribution in [2.45, 2.75) is 19.1 Å².